The molecule has 4 nitrogen and oxygen atoms in total. The molecule has 0 radical (unpaired) electrons. The molecule has 0 spiro atoms. The Balaban J connectivity index is 1.37. The molecule has 4 rings (SSSR count). The van der Waals surface area contributed by atoms with Gasteiger partial charge in [0.25, 0.3) is 0 Å². The summed E-state index contributed by atoms with van der Waals surface area (Å²) >= 11 is 1.78. The van der Waals surface area contributed by atoms with Crippen LogP contribution in [0.1, 0.15) is 35.4 Å². The summed E-state index contributed by atoms with van der Waals surface area (Å²) in [7, 11) is 1.73. The second-order valence-corrected chi connectivity index (χ2v) is 8.53. The van der Waals surface area contributed by atoms with Crippen molar-refractivity contribution in [2.45, 2.75) is 29.3 Å². The first kappa shape index (κ1) is 19.5. The van der Waals surface area contributed by atoms with Crippen LogP contribution in [-0.4, -0.2) is 50.4 Å². The van der Waals surface area contributed by atoms with Gasteiger partial charge in [-0.3, -0.25) is 5.41 Å². The zero-order valence-corrected chi connectivity index (χ0v) is 17.4. The smallest absolute Gasteiger partial charge is 0.139 e. The van der Waals surface area contributed by atoms with E-state index in [1.807, 2.05) is 12.1 Å². The summed E-state index contributed by atoms with van der Waals surface area (Å²) in [5, 5.41) is 8.65. The molecular formula is C23H28N2O2S. The van der Waals surface area contributed by atoms with E-state index >= 15 is 0 Å². The molecule has 1 N–H and O–H groups in total. The lowest BCUT2D eigenvalue weighted by Crippen LogP contribution is -2.48. The Morgan fingerprint density at radius 3 is 2.21 bits per heavy atom. The first-order chi connectivity index (χ1) is 13.6. The maximum atomic E-state index is 8.65. The van der Waals surface area contributed by atoms with E-state index in [1.54, 1.807) is 18.9 Å². The lowest BCUT2D eigenvalue weighted by atomic mass is 9.89. The number of piperidine rings is 1. The molecule has 0 atom stereocenters. The zero-order chi connectivity index (χ0) is 19.6. The van der Waals surface area contributed by atoms with Crippen molar-refractivity contribution in [1.82, 2.24) is 4.90 Å². The third-order valence-electron chi connectivity index (χ3n) is 6.14. The molecule has 148 valence electrons. The van der Waals surface area contributed by atoms with E-state index in [0.29, 0.717) is 25.0 Å². The molecule has 28 heavy (non-hydrogen) atoms. The molecule has 2 aromatic rings. The highest BCUT2D eigenvalue weighted by molar-refractivity contribution is 7.98. The highest BCUT2D eigenvalue weighted by Gasteiger charge is 2.40. The van der Waals surface area contributed by atoms with E-state index in [1.165, 1.54) is 10.5 Å². The van der Waals surface area contributed by atoms with Crippen LogP contribution in [-0.2, 0) is 15.1 Å². The summed E-state index contributed by atoms with van der Waals surface area (Å²) in [6.07, 6.45) is 4.31. The van der Waals surface area contributed by atoms with E-state index in [-0.39, 0.29) is 5.60 Å². The van der Waals surface area contributed by atoms with Gasteiger partial charge in [-0.1, -0.05) is 36.4 Å². The summed E-state index contributed by atoms with van der Waals surface area (Å²) in [5.41, 5.74) is 3.23. The Kier molecular flexibility index (Phi) is 5.76. The van der Waals surface area contributed by atoms with Crippen molar-refractivity contribution in [1.29, 1.82) is 5.41 Å². The molecular weight excluding hydrogens is 368 g/mol. The maximum absolute atomic E-state index is 8.65. The van der Waals surface area contributed by atoms with Crippen LogP contribution in [0.4, 0.5) is 0 Å². The Bertz CT molecular complexity index is 802. The van der Waals surface area contributed by atoms with Crippen molar-refractivity contribution in [3.05, 3.63) is 65.2 Å². The van der Waals surface area contributed by atoms with Crippen LogP contribution in [0.15, 0.2) is 53.4 Å². The van der Waals surface area contributed by atoms with Crippen LogP contribution in [0.25, 0.3) is 0 Å². The molecule has 0 saturated carbocycles. The molecule has 0 aliphatic carbocycles. The predicted molar refractivity (Wildman–Crippen MR) is 115 cm³/mol. The van der Waals surface area contributed by atoms with E-state index in [2.05, 4.69) is 47.6 Å². The first-order valence-electron chi connectivity index (χ1n) is 9.86. The molecule has 5 heteroatoms. The van der Waals surface area contributed by atoms with E-state index in [9.17, 15) is 0 Å². The minimum Gasteiger partial charge on any atom is -0.375 e. The van der Waals surface area contributed by atoms with Gasteiger partial charge in [0.2, 0.25) is 0 Å². The topological polar surface area (TPSA) is 45.5 Å². The number of nitrogens with one attached hydrogen (secondary N) is 1. The summed E-state index contributed by atoms with van der Waals surface area (Å²) in [4.78, 5) is 3.52. The number of likely N-dealkylation sites (tertiary alicyclic amines) is 1. The van der Waals surface area contributed by atoms with Crippen molar-refractivity contribution in [3.8, 4) is 0 Å². The SMILES string of the molecule is COC1(c2ccc(C(=N)N3CCC(c4ccc(SC)cc4)CC3)cc2)COC1. The molecule has 2 heterocycles. The first-order valence-corrected chi connectivity index (χ1v) is 11.1. The van der Waals surface area contributed by atoms with Crippen LogP contribution >= 0.6 is 11.8 Å². The average Bonchev–Trinajstić information content (AvgIpc) is 2.74. The fourth-order valence-electron chi connectivity index (χ4n) is 4.12. The number of methoxy groups -OCH3 is 1. The van der Waals surface area contributed by atoms with Gasteiger partial charge in [-0.15, -0.1) is 11.8 Å². The quantitative estimate of drug-likeness (QED) is 0.460. The molecule has 2 saturated heterocycles. The number of amidine groups is 1. The third kappa shape index (κ3) is 3.71. The summed E-state index contributed by atoms with van der Waals surface area (Å²) in [6.45, 7) is 3.08. The standard InChI is InChI=1S/C23H28N2O2S/c1-26-23(15-27-16-23)20-7-3-19(4-8-20)22(24)25-13-11-18(12-14-25)17-5-9-21(28-2)10-6-17/h3-10,18,24H,11-16H2,1-2H3. The highest BCUT2D eigenvalue weighted by atomic mass is 32.2. The highest BCUT2D eigenvalue weighted by Crippen LogP contribution is 2.34. The summed E-state index contributed by atoms with van der Waals surface area (Å²) in [5.74, 6) is 1.22. The summed E-state index contributed by atoms with van der Waals surface area (Å²) in [6, 6.07) is 17.2. The van der Waals surface area contributed by atoms with Gasteiger partial charge in [0.1, 0.15) is 11.4 Å². The van der Waals surface area contributed by atoms with Crippen molar-refractivity contribution in [3.63, 3.8) is 0 Å². The van der Waals surface area contributed by atoms with Crippen molar-refractivity contribution in [2.24, 2.45) is 0 Å². The normalized spacial score (nSPS) is 19.3. The Morgan fingerprint density at radius 2 is 1.71 bits per heavy atom. The number of rotatable bonds is 5. The molecule has 0 unspecified atom stereocenters. The van der Waals surface area contributed by atoms with Gasteiger partial charge in [-0.2, -0.15) is 0 Å². The molecule has 2 fully saturated rings. The number of benzene rings is 2. The Labute approximate surface area is 171 Å². The van der Waals surface area contributed by atoms with Gasteiger partial charge < -0.3 is 14.4 Å². The van der Waals surface area contributed by atoms with Gasteiger partial charge in [0.15, 0.2) is 0 Å². The molecule has 0 amide bonds. The van der Waals surface area contributed by atoms with Crippen molar-refractivity contribution in [2.75, 3.05) is 39.7 Å². The molecule has 2 aliphatic heterocycles. The number of ether oxygens (including phenoxy) is 2. The minimum absolute atomic E-state index is 0.301. The van der Waals surface area contributed by atoms with E-state index in [4.69, 9.17) is 14.9 Å². The Hall–Kier alpha value is -1.82. The number of hydrogen-bond donors (Lipinski definition) is 1. The van der Waals surface area contributed by atoms with Crippen LogP contribution < -0.4 is 0 Å². The fourth-order valence-corrected chi connectivity index (χ4v) is 4.52. The molecule has 0 aromatic heterocycles. The van der Waals surface area contributed by atoms with E-state index in [0.717, 1.165) is 37.1 Å². The summed E-state index contributed by atoms with van der Waals surface area (Å²) < 4.78 is 11.0. The Morgan fingerprint density at radius 1 is 1.07 bits per heavy atom. The predicted octanol–water partition coefficient (Wildman–Crippen LogP) is 4.49. The van der Waals surface area contributed by atoms with Gasteiger partial charge in [0.05, 0.1) is 13.2 Å². The van der Waals surface area contributed by atoms with Gasteiger partial charge in [-0.05, 0) is 48.3 Å². The monoisotopic (exact) mass is 396 g/mol. The van der Waals surface area contributed by atoms with Crippen LogP contribution in [0.5, 0.6) is 0 Å². The van der Waals surface area contributed by atoms with Crippen LogP contribution in [0, 0.1) is 5.41 Å². The molecule has 0 bridgehead atoms. The van der Waals surface area contributed by atoms with Crippen molar-refractivity contribution < 1.29 is 9.47 Å². The van der Waals surface area contributed by atoms with Crippen molar-refractivity contribution >= 4 is 17.6 Å². The second kappa shape index (κ2) is 8.27. The number of hydrogen-bond acceptors (Lipinski definition) is 4. The average molecular weight is 397 g/mol. The number of nitrogens with zero attached hydrogens (tertiary/aromatic N) is 1. The van der Waals surface area contributed by atoms with Gasteiger partial charge in [0, 0.05) is 30.7 Å². The lowest BCUT2D eigenvalue weighted by molar-refractivity contribution is -0.202. The lowest BCUT2D eigenvalue weighted by Gasteiger charge is -2.40. The van der Waals surface area contributed by atoms with Gasteiger partial charge in [-0.25, -0.2) is 0 Å². The largest absolute Gasteiger partial charge is 0.375 e. The second-order valence-electron chi connectivity index (χ2n) is 7.65. The maximum Gasteiger partial charge on any atom is 0.139 e. The van der Waals surface area contributed by atoms with Crippen LogP contribution in [0.3, 0.4) is 0 Å². The molecule has 2 aliphatic rings. The third-order valence-corrected chi connectivity index (χ3v) is 6.89. The minimum atomic E-state index is -0.301. The fraction of sp³-hybridized carbons (Fsp3) is 0.435. The van der Waals surface area contributed by atoms with E-state index < -0.39 is 0 Å². The zero-order valence-electron chi connectivity index (χ0n) is 16.6. The molecule has 2 aromatic carbocycles. The van der Waals surface area contributed by atoms with Crippen LogP contribution in [0.2, 0.25) is 0 Å². The number of thioether (sulfide) groups is 1. The van der Waals surface area contributed by atoms with Gasteiger partial charge >= 0.3 is 0 Å².